The molecule has 2 heterocycles. The molecule has 7 heteroatoms. The number of nitrogens with zero attached hydrogens (tertiary/aromatic N) is 3. The van der Waals surface area contributed by atoms with E-state index in [-0.39, 0.29) is 50.5 Å². The number of aliphatic hydroxyl groups excluding tert-OH is 1. The van der Waals surface area contributed by atoms with Gasteiger partial charge in [0.2, 0.25) is 6.98 Å². The Kier molecular flexibility index (Phi) is 12.7. The molecule has 0 saturated heterocycles. The summed E-state index contributed by atoms with van der Waals surface area (Å²) in [4.78, 5) is 18.6. The fourth-order valence-corrected chi connectivity index (χ4v) is 5.03. The quantitative estimate of drug-likeness (QED) is 0.139. The number of rotatable bonds is 9. The number of aliphatic hydroxyl groups is 1. The molecule has 0 fully saturated rings. The second-order valence-corrected chi connectivity index (χ2v) is 10.4. The molecule has 1 aliphatic heterocycles. The summed E-state index contributed by atoms with van der Waals surface area (Å²) in [5.41, 5.74) is 4.58. The number of ketones is 1. The Morgan fingerprint density at radius 2 is 1.64 bits per heavy atom. The molecule has 1 aromatic heterocycles. The van der Waals surface area contributed by atoms with Gasteiger partial charge in [0.05, 0.1) is 5.76 Å². The molecule has 0 aliphatic carbocycles. The zero-order valence-corrected chi connectivity index (χ0v) is 26.8. The van der Waals surface area contributed by atoms with Crippen LogP contribution in [0, 0.1) is 11.8 Å². The van der Waals surface area contributed by atoms with Crippen molar-refractivity contribution < 1.29 is 30.0 Å². The van der Waals surface area contributed by atoms with E-state index in [0.29, 0.717) is 5.92 Å². The number of hydrogen-bond acceptors (Lipinski definition) is 4. The number of fused-ring (bicyclic) bond motifs is 2. The van der Waals surface area contributed by atoms with Crippen LogP contribution in [0.15, 0.2) is 66.6 Å². The van der Waals surface area contributed by atoms with Gasteiger partial charge in [0.1, 0.15) is 0 Å². The standard InChI is InChI=1S/C19H19BN3.C13H24O2.Ir/c1-13(2)14-8-9-16-15(12-14)10-11-21-19(16)20-22-17-6-4-5-7-18(17)23(20)3;1-5-10(6-2)12(14)9-13(15)11(7-3)8-4;/h4-13H,1-3H3;9-11,14H,5-8H2,1-4H3;/q-1;;/b;12-9-;. The van der Waals surface area contributed by atoms with Crippen molar-refractivity contribution in [2.75, 3.05) is 11.9 Å². The molecule has 0 amide bonds. The van der Waals surface area contributed by atoms with Gasteiger partial charge in [-0.1, -0.05) is 77.9 Å². The summed E-state index contributed by atoms with van der Waals surface area (Å²) in [5, 5.41) is 17.1. The number of carbonyl (C=O) groups excluding carboxylic acids is 1. The Balaban J connectivity index is 0.000000294. The molecule has 0 saturated carbocycles. The van der Waals surface area contributed by atoms with Crippen LogP contribution in [0.3, 0.4) is 0 Å². The first-order valence-corrected chi connectivity index (χ1v) is 14.1. The maximum Gasteiger partial charge on any atom is 0.206 e. The third-order valence-corrected chi connectivity index (χ3v) is 7.70. The number of benzene rings is 2. The average Bonchev–Trinajstić information content (AvgIpc) is 3.26. The smallest absolute Gasteiger partial charge is 0.206 e. The first kappa shape index (κ1) is 32.6. The first-order chi connectivity index (χ1) is 18.2. The molecule has 0 spiro atoms. The fraction of sp³-hybridized carbons (Fsp3) is 0.438. The third-order valence-electron chi connectivity index (χ3n) is 7.70. The van der Waals surface area contributed by atoms with Gasteiger partial charge in [-0.15, -0.1) is 5.69 Å². The molecule has 211 valence electrons. The maximum atomic E-state index is 11.7. The molecule has 0 unspecified atom stereocenters. The number of anilines is 1. The van der Waals surface area contributed by atoms with Crippen LogP contribution in [0.25, 0.3) is 16.0 Å². The Morgan fingerprint density at radius 3 is 2.23 bits per heavy atom. The number of para-hydroxylation sites is 1. The molecule has 1 N–H and O–H groups in total. The normalized spacial score (nSPS) is 12.8. The summed E-state index contributed by atoms with van der Waals surface area (Å²) >= 11 is 0. The number of aromatic nitrogens is 1. The van der Waals surface area contributed by atoms with Crippen molar-refractivity contribution in [2.45, 2.75) is 73.1 Å². The van der Waals surface area contributed by atoms with E-state index in [1.54, 1.807) is 0 Å². The number of allylic oxidation sites excluding steroid dienone is 2. The summed E-state index contributed by atoms with van der Waals surface area (Å²) in [6.45, 7) is 12.5. The van der Waals surface area contributed by atoms with Crippen LogP contribution in [0.5, 0.6) is 0 Å². The molecule has 0 bridgehead atoms. The summed E-state index contributed by atoms with van der Waals surface area (Å²) in [6.07, 6.45) is 6.80. The van der Waals surface area contributed by atoms with Crippen molar-refractivity contribution in [3.63, 3.8) is 0 Å². The third kappa shape index (κ3) is 7.73. The zero-order valence-electron chi connectivity index (χ0n) is 24.4. The van der Waals surface area contributed by atoms with Gasteiger partial charge in [-0.3, -0.25) is 9.78 Å². The van der Waals surface area contributed by atoms with Gasteiger partial charge in [-0.2, -0.15) is 0 Å². The average molecular weight is 705 g/mol. The minimum atomic E-state index is -0.0546. The molecular formula is C32H43BIrN3O2-. The molecule has 5 nitrogen and oxygen atoms in total. The summed E-state index contributed by atoms with van der Waals surface area (Å²) in [7, 11) is 2.09. The molecule has 1 radical (unpaired) electrons. The second kappa shape index (κ2) is 15.2. The minimum absolute atomic E-state index is 0. The molecule has 4 rings (SSSR count). The van der Waals surface area contributed by atoms with Crippen LogP contribution in [-0.4, -0.2) is 29.9 Å². The minimum Gasteiger partial charge on any atom is -0.682 e. The van der Waals surface area contributed by atoms with E-state index in [1.807, 2.05) is 40.0 Å². The van der Waals surface area contributed by atoms with Crippen molar-refractivity contribution in [3.05, 3.63) is 77.4 Å². The Labute approximate surface area is 249 Å². The molecular weight excluding hydrogens is 661 g/mol. The predicted octanol–water partition coefficient (Wildman–Crippen LogP) is 8.08. The van der Waals surface area contributed by atoms with Gasteiger partial charge in [-0.05, 0) is 67.1 Å². The van der Waals surface area contributed by atoms with Crippen LogP contribution >= 0.6 is 0 Å². The Morgan fingerprint density at radius 1 is 1.00 bits per heavy atom. The number of carbonyl (C=O) groups is 1. The van der Waals surface area contributed by atoms with E-state index in [2.05, 4.69) is 73.2 Å². The maximum absolute atomic E-state index is 11.7. The molecule has 0 atom stereocenters. The summed E-state index contributed by atoms with van der Waals surface area (Å²) < 4.78 is 0. The molecule has 39 heavy (non-hydrogen) atoms. The van der Waals surface area contributed by atoms with Crippen LogP contribution in [0.4, 0.5) is 11.4 Å². The van der Waals surface area contributed by atoms with E-state index >= 15 is 0 Å². The first-order valence-electron chi connectivity index (χ1n) is 14.1. The van der Waals surface area contributed by atoms with E-state index < -0.39 is 0 Å². The second-order valence-electron chi connectivity index (χ2n) is 10.4. The summed E-state index contributed by atoms with van der Waals surface area (Å²) in [6, 6.07) is 17.0. The predicted molar refractivity (Wildman–Crippen MR) is 163 cm³/mol. The number of pyridine rings is 1. The van der Waals surface area contributed by atoms with Crippen LogP contribution in [-0.2, 0) is 24.9 Å². The zero-order chi connectivity index (χ0) is 27.8. The molecule has 1 aliphatic rings. The largest absolute Gasteiger partial charge is 0.682 e. The van der Waals surface area contributed by atoms with E-state index in [9.17, 15) is 9.90 Å². The monoisotopic (exact) mass is 705 g/mol. The topological polar surface area (TPSA) is 67.5 Å². The van der Waals surface area contributed by atoms with Crippen molar-refractivity contribution in [1.29, 1.82) is 0 Å². The van der Waals surface area contributed by atoms with Crippen molar-refractivity contribution in [2.24, 2.45) is 11.8 Å². The van der Waals surface area contributed by atoms with Gasteiger partial charge < -0.3 is 15.1 Å². The van der Waals surface area contributed by atoms with E-state index in [0.717, 1.165) is 42.7 Å². The Bertz CT molecular complexity index is 1260. The molecule has 2 aromatic carbocycles. The number of hydrogen-bond donors (Lipinski definition) is 1. The van der Waals surface area contributed by atoms with Gasteiger partial charge in [-0.25, -0.2) is 0 Å². The van der Waals surface area contributed by atoms with Crippen molar-refractivity contribution in [3.8, 4) is 0 Å². The van der Waals surface area contributed by atoms with Crippen LogP contribution in [0.1, 0.15) is 78.7 Å². The van der Waals surface area contributed by atoms with Gasteiger partial charge >= 0.3 is 0 Å². The van der Waals surface area contributed by atoms with Gasteiger partial charge in [0, 0.05) is 55.5 Å². The fourth-order valence-electron chi connectivity index (χ4n) is 5.03. The van der Waals surface area contributed by atoms with E-state index in [4.69, 9.17) is 5.23 Å². The van der Waals surface area contributed by atoms with E-state index in [1.165, 1.54) is 22.4 Å². The summed E-state index contributed by atoms with van der Waals surface area (Å²) in [5.74, 6) is 1.07. The van der Waals surface area contributed by atoms with Crippen molar-refractivity contribution >= 4 is 40.5 Å². The SMILES string of the molecule is CC(C)c1ccc2c(B3[N-]c4ccccc4N3C)nccc2c1.CCC(CC)C(=O)/C=C(\O)C(CC)CC.[Ir]. The van der Waals surface area contributed by atoms with Gasteiger partial charge in [0.15, 0.2) is 5.78 Å². The Hall–Kier alpha value is -2.63. The van der Waals surface area contributed by atoms with Crippen LogP contribution < -0.4 is 10.4 Å². The van der Waals surface area contributed by atoms with Crippen molar-refractivity contribution in [1.82, 2.24) is 4.98 Å². The molecule has 3 aromatic rings. The van der Waals surface area contributed by atoms with Gasteiger partial charge in [0.25, 0.3) is 0 Å². The van der Waals surface area contributed by atoms with Crippen LogP contribution in [0.2, 0.25) is 0 Å².